The smallest absolute Gasteiger partial charge is 0.0756 e. The number of H-pyrrole nitrogens is 1. The maximum atomic E-state index is 4.71. The Morgan fingerprint density at radius 1 is 1.15 bits per heavy atom. The predicted octanol–water partition coefficient (Wildman–Crippen LogP) is 1.23. The van der Waals surface area contributed by atoms with E-state index in [2.05, 4.69) is 32.5 Å². The van der Waals surface area contributed by atoms with Gasteiger partial charge < -0.3 is 0 Å². The summed E-state index contributed by atoms with van der Waals surface area (Å²) >= 11 is 0. The number of nitrogens with one attached hydrogen (secondary N) is 1. The minimum atomic E-state index is 0.0465. The Labute approximate surface area is 116 Å². The van der Waals surface area contributed by atoms with Crippen molar-refractivity contribution in [3.8, 4) is 11.1 Å². The van der Waals surface area contributed by atoms with Crippen LogP contribution in [0, 0.1) is 0 Å². The van der Waals surface area contributed by atoms with E-state index in [1.165, 1.54) is 0 Å². The number of aromatic nitrogens is 3. The molecule has 0 atom stereocenters. The van der Waals surface area contributed by atoms with Crippen molar-refractivity contribution in [2.24, 2.45) is 10.2 Å². The summed E-state index contributed by atoms with van der Waals surface area (Å²) in [5, 5.41) is 16.8. The van der Waals surface area contributed by atoms with Gasteiger partial charge >= 0.3 is 0 Å². The normalized spacial score (nSPS) is 16.5. The van der Waals surface area contributed by atoms with Crippen LogP contribution in [0.25, 0.3) is 23.3 Å². The largest absolute Gasteiger partial charge is 0.285 e. The first kappa shape index (κ1) is 12.5. The van der Waals surface area contributed by atoms with E-state index >= 15 is 0 Å². The maximum Gasteiger partial charge on any atom is 0.0756 e. The van der Waals surface area contributed by atoms with Crippen molar-refractivity contribution in [1.29, 1.82) is 0 Å². The molecule has 0 saturated carbocycles. The lowest BCUT2D eigenvalue weighted by Gasteiger charge is -2.07. The molecule has 20 heavy (non-hydrogen) atoms. The standard InChI is InChI=1S/C15H15N5/c1-3-12-13(10-6-16-17-7-10)5-15(20-14(12)4-2)11-8-18-19-9-11/h3-9,11H,1-2H3,(H,16,17)/b12-3-,14-4+. The average Bonchev–Trinajstić information content (AvgIpc) is 3.18. The zero-order valence-electron chi connectivity index (χ0n) is 11.4. The monoisotopic (exact) mass is 265 g/mol. The fourth-order valence-corrected chi connectivity index (χ4v) is 2.34. The molecule has 0 radical (unpaired) electrons. The lowest BCUT2D eigenvalue weighted by atomic mass is 10.0. The molecular weight excluding hydrogens is 250 g/mol. The van der Waals surface area contributed by atoms with Crippen LogP contribution in [0.1, 0.15) is 25.5 Å². The molecule has 0 aliphatic carbocycles. The van der Waals surface area contributed by atoms with Crippen LogP contribution in [0.3, 0.4) is 0 Å². The quantitative estimate of drug-likeness (QED) is 0.887. The molecule has 1 aliphatic heterocycles. The molecule has 0 saturated heterocycles. The summed E-state index contributed by atoms with van der Waals surface area (Å²) in [7, 11) is 0. The molecule has 0 fully saturated rings. The van der Waals surface area contributed by atoms with Crippen molar-refractivity contribution in [1.82, 2.24) is 15.2 Å². The zero-order chi connectivity index (χ0) is 13.9. The van der Waals surface area contributed by atoms with Gasteiger partial charge in [-0.25, -0.2) is 0 Å². The van der Waals surface area contributed by atoms with Gasteiger partial charge in [-0.1, -0.05) is 12.2 Å². The first-order chi connectivity index (χ1) is 9.83. The van der Waals surface area contributed by atoms with Crippen molar-refractivity contribution < 1.29 is 0 Å². The summed E-state index contributed by atoms with van der Waals surface area (Å²) in [6.45, 7) is 4.01. The van der Waals surface area contributed by atoms with Crippen molar-refractivity contribution in [2.75, 3.05) is 0 Å². The summed E-state index contributed by atoms with van der Waals surface area (Å²) in [6.07, 6.45) is 11.4. The van der Waals surface area contributed by atoms with Crippen molar-refractivity contribution in [3.05, 3.63) is 34.7 Å². The van der Waals surface area contributed by atoms with E-state index in [-0.39, 0.29) is 5.92 Å². The van der Waals surface area contributed by atoms with E-state index in [9.17, 15) is 0 Å². The summed E-state index contributed by atoms with van der Waals surface area (Å²) in [6, 6.07) is 2.08. The predicted molar refractivity (Wildman–Crippen MR) is 81.1 cm³/mol. The molecule has 0 spiro atoms. The van der Waals surface area contributed by atoms with E-state index in [4.69, 9.17) is 4.98 Å². The maximum absolute atomic E-state index is 4.71. The molecule has 5 heteroatoms. The molecule has 100 valence electrons. The number of hydrogen-bond acceptors (Lipinski definition) is 4. The molecule has 5 nitrogen and oxygen atoms in total. The minimum absolute atomic E-state index is 0.0465. The van der Waals surface area contributed by atoms with E-state index in [1.54, 1.807) is 12.4 Å². The Hall–Kier alpha value is -2.56. The third kappa shape index (κ3) is 2.07. The van der Waals surface area contributed by atoms with Gasteiger partial charge in [-0.05, 0) is 25.5 Å². The SMILES string of the molecule is C/C=c1/c(-c2cn[nH]c2)cc(C2C=NN=C2)n/c1=C/C. The Morgan fingerprint density at radius 2 is 1.95 bits per heavy atom. The van der Waals surface area contributed by atoms with E-state index in [1.807, 2.05) is 32.3 Å². The molecule has 3 heterocycles. The van der Waals surface area contributed by atoms with Crippen LogP contribution in [-0.4, -0.2) is 27.6 Å². The van der Waals surface area contributed by atoms with Crippen LogP contribution >= 0.6 is 0 Å². The molecule has 0 aromatic carbocycles. The topological polar surface area (TPSA) is 66.3 Å². The summed E-state index contributed by atoms with van der Waals surface area (Å²) in [5.74, 6) is 0.0465. The van der Waals surface area contributed by atoms with Gasteiger partial charge in [-0.3, -0.25) is 10.1 Å². The molecular formula is C15H15N5. The van der Waals surface area contributed by atoms with Gasteiger partial charge in [-0.15, -0.1) is 0 Å². The van der Waals surface area contributed by atoms with Gasteiger partial charge in [0.25, 0.3) is 0 Å². The average molecular weight is 265 g/mol. The lowest BCUT2D eigenvalue weighted by Crippen LogP contribution is -2.31. The highest BCUT2D eigenvalue weighted by molar-refractivity contribution is 5.93. The van der Waals surface area contributed by atoms with Gasteiger partial charge in [0, 0.05) is 29.4 Å². The third-order valence-electron chi connectivity index (χ3n) is 3.34. The number of nitrogens with zero attached hydrogens (tertiary/aromatic N) is 4. The van der Waals surface area contributed by atoms with Crippen LogP contribution in [0.4, 0.5) is 0 Å². The highest BCUT2D eigenvalue weighted by Crippen LogP contribution is 2.17. The second-order valence-corrected chi connectivity index (χ2v) is 4.51. The number of rotatable bonds is 2. The number of pyridine rings is 1. The molecule has 0 bridgehead atoms. The second kappa shape index (κ2) is 5.21. The lowest BCUT2D eigenvalue weighted by molar-refractivity contribution is 1.07. The first-order valence-corrected chi connectivity index (χ1v) is 6.53. The summed E-state index contributed by atoms with van der Waals surface area (Å²) < 4.78 is 0. The molecule has 0 unspecified atom stereocenters. The van der Waals surface area contributed by atoms with E-state index in [0.717, 1.165) is 27.4 Å². The van der Waals surface area contributed by atoms with Crippen LogP contribution in [-0.2, 0) is 0 Å². The molecule has 0 amide bonds. The summed E-state index contributed by atoms with van der Waals surface area (Å²) in [4.78, 5) is 4.71. The third-order valence-corrected chi connectivity index (χ3v) is 3.34. The second-order valence-electron chi connectivity index (χ2n) is 4.51. The van der Waals surface area contributed by atoms with Gasteiger partial charge in [0.15, 0.2) is 0 Å². The van der Waals surface area contributed by atoms with Crippen LogP contribution in [0.5, 0.6) is 0 Å². The van der Waals surface area contributed by atoms with Gasteiger partial charge in [0.1, 0.15) is 0 Å². The minimum Gasteiger partial charge on any atom is -0.285 e. The van der Waals surface area contributed by atoms with Gasteiger partial charge in [0.2, 0.25) is 0 Å². The van der Waals surface area contributed by atoms with Gasteiger partial charge in [-0.2, -0.15) is 15.3 Å². The number of hydrogen-bond donors (Lipinski definition) is 1. The molecule has 1 aliphatic rings. The Morgan fingerprint density at radius 3 is 2.55 bits per heavy atom. The van der Waals surface area contributed by atoms with Crippen molar-refractivity contribution in [3.63, 3.8) is 0 Å². The Kier molecular flexibility index (Phi) is 3.25. The fourth-order valence-electron chi connectivity index (χ4n) is 2.34. The first-order valence-electron chi connectivity index (χ1n) is 6.53. The zero-order valence-corrected chi connectivity index (χ0v) is 11.4. The van der Waals surface area contributed by atoms with Crippen LogP contribution in [0.15, 0.2) is 28.7 Å². The van der Waals surface area contributed by atoms with Gasteiger partial charge in [0.05, 0.1) is 23.2 Å². The van der Waals surface area contributed by atoms with E-state index < -0.39 is 0 Å². The molecule has 1 N–H and O–H groups in total. The van der Waals surface area contributed by atoms with Crippen LogP contribution < -0.4 is 10.6 Å². The van der Waals surface area contributed by atoms with Crippen molar-refractivity contribution >= 4 is 24.6 Å². The molecule has 2 aromatic rings. The highest BCUT2D eigenvalue weighted by Gasteiger charge is 2.14. The van der Waals surface area contributed by atoms with E-state index in [0.29, 0.717) is 0 Å². The number of aromatic amines is 1. The Bertz CT molecular complexity index is 772. The van der Waals surface area contributed by atoms with Crippen LogP contribution in [0.2, 0.25) is 0 Å². The van der Waals surface area contributed by atoms with Crippen molar-refractivity contribution in [2.45, 2.75) is 19.8 Å². The molecule has 3 rings (SSSR count). The fraction of sp³-hybridized carbons (Fsp3) is 0.200. The molecule has 2 aromatic heterocycles. The highest BCUT2D eigenvalue weighted by atomic mass is 15.2. The Balaban J connectivity index is 2.29. The summed E-state index contributed by atoms with van der Waals surface area (Å²) in [5.41, 5.74) is 3.12.